The number of methoxy groups -OCH3 is 1. The number of ether oxygens (including phenoxy) is 1. The maximum atomic E-state index is 13.2. The van der Waals surface area contributed by atoms with Gasteiger partial charge in [-0.05, 0) is 43.2 Å². The summed E-state index contributed by atoms with van der Waals surface area (Å²) in [5, 5.41) is 0. The first kappa shape index (κ1) is 15.1. The molecule has 1 aromatic carbocycles. The number of pyridine rings is 1. The Bertz CT molecular complexity index is 852. The minimum atomic E-state index is -0.799. The molecule has 2 aromatic rings. The molecule has 0 spiro atoms. The van der Waals surface area contributed by atoms with E-state index in [4.69, 9.17) is 0 Å². The van der Waals surface area contributed by atoms with Crippen molar-refractivity contribution in [3.8, 4) is 5.69 Å². The minimum Gasteiger partial charge on any atom is -0.465 e. The SMILES string of the molecule is COC(=O)c1cc2c(n(-c3ccc(F)cc3)c1=O)CCCC2=O. The van der Waals surface area contributed by atoms with Gasteiger partial charge in [-0.15, -0.1) is 0 Å². The molecular formula is C17H14FNO4. The summed E-state index contributed by atoms with van der Waals surface area (Å²) in [4.78, 5) is 36.7. The molecule has 0 bridgehead atoms. The van der Waals surface area contributed by atoms with Gasteiger partial charge in [0.25, 0.3) is 5.56 Å². The average molecular weight is 315 g/mol. The fourth-order valence-corrected chi connectivity index (χ4v) is 2.81. The zero-order valence-electron chi connectivity index (χ0n) is 12.5. The number of carbonyl (C=O) groups is 2. The number of carbonyl (C=O) groups excluding carboxylic acids is 2. The first-order valence-electron chi connectivity index (χ1n) is 7.19. The normalized spacial score (nSPS) is 13.6. The van der Waals surface area contributed by atoms with Gasteiger partial charge in [0.15, 0.2) is 5.78 Å². The Morgan fingerprint density at radius 2 is 1.87 bits per heavy atom. The molecule has 0 saturated carbocycles. The van der Waals surface area contributed by atoms with Gasteiger partial charge in [-0.3, -0.25) is 14.2 Å². The van der Waals surface area contributed by atoms with Crippen LogP contribution in [0.3, 0.4) is 0 Å². The number of halogens is 1. The molecule has 3 rings (SSSR count). The Morgan fingerprint density at radius 3 is 2.52 bits per heavy atom. The molecular weight excluding hydrogens is 301 g/mol. The molecule has 0 atom stereocenters. The zero-order valence-corrected chi connectivity index (χ0v) is 12.5. The zero-order chi connectivity index (χ0) is 16.6. The van der Waals surface area contributed by atoms with Gasteiger partial charge in [0, 0.05) is 23.4 Å². The summed E-state index contributed by atoms with van der Waals surface area (Å²) in [7, 11) is 1.17. The monoisotopic (exact) mass is 315 g/mol. The highest BCUT2D eigenvalue weighted by Gasteiger charge is 2.26. The Balaban J connectivity index is 2.34. The van der Waals surface area contributed by atoms with E-state index in [1.54, 1.807) is 0 Å². The fourth-order valence-electron chi connectivity index (χ4n) is 2.81. The Morgan fingerprint density at radius 1 is 1.17 bits per heavy atom. The van der Waals surface area contributed by atoms with Crippen LogP contribution in [0.2, 0.25) is 0 Å². The molecule has 0 amide bonds. The number of fused-ring (bicyclic) bond motifs is 1. The van der Waals surface area contributed by atoms with Crippen LogP contribution in [0.1, 0.15) is 39.3 Å². The van der Waals surface area contributed by atoms with Crippen LogP contribution >= 0.6 is 0 Å². The van der Waals surface area contributed by atoms with Gasteiger partial charge in [0.05, 0.1) is 7.11 Å². The van der Waals surface area contributed by atoms with Crippen LogP contribution in [0.5, 0.6) is 0 Å². The third-order valence-corrected chi connectivity index (χ3v) is 3.91. The minimum absolute atomic E-state index is 0.118. The standard InChI is InChI=1S/C17H14FNO4/c1-23-17(22)13-9-12-14(3-2-4-15(12)20)19(16(13)21)11-7-5-10(18)6-8-11/h5-9H,2-4H2,1H3. The predicted octanol–water partition coefficient (Wildman–Crippen LogP) is 2.28. The highest BCUT2D eigenvalue weighted by atomic mass is 19.1. The Hall–Kier alpha value is -2.76. The maximum absolute atomic E-state index is 13.2. The summed E-state index contributed by atoms with van der Waals surface area (Å²) < 4.78 is 19.1. The largest absolute Gasteiger partial charge is 0.465 e. The summed E-state index contributed by atoms with van der Waals surface area (Å²) in [5.41, 5.74) is 0.530. The van der Waals surface area contributed by atoms with Crippen molar-refractivity contribution in [2.45, 2.75) is 19.3 Å². The molecule has 0 fully saturated rings. The number of hydrogen-bond acceptors (Lipinski definition) is 4. The number of Topliss-reactive ketones (excluding diaryl/α,β-unsaturated/α-hetero) is 1. The molecule has 6 heteroatoms. The van der Waals surface area contributed by atoms with Crippen LogP contribution in [0.4, 0.5) is 4.39 Å². The Labute approximate surface area is 131 Å². The molecule has 0 saturated heterocycles. The average Bonchev–Trinajstić information content (AvgIpc) is 2.55. The van der Waals surface area contributed by atoms with E-state index in [2.05, 4.69) is 4.74 Å². The number of esters is 1. The van der Waals surface area contributed by atoms with E-state index in [0.717, 1.165) is 0 Å². The third-order valence-electron chi connectivity index (χ3n) is 3.91. The lowest BCUT2D eigenvalue weighted by molar-refractivity contribution is 0.0598. The second kappa shape index (κ2) is 5.79. The molecule has 0 radical (unpaired) electrons. The van der Waals surface area contributed by atoms with Crippen molar-refractivity contribution in [2.75, 3.05) is 7.11 Å². The van der Waals surface area contributed by atoms with Gasteiger partial charge in [-0.25, -0.2) is 9.18 Å². The number of hydrogen-bond donors (Lipinski definition) is 0. The number of nitrogens with zero attached hydrogens (tertiary/aromatic N) is 1. The van der Waals surface area contributed by atoms with Crippen LogP contribution in [-0.4, -0.2) is 23.4 Å². The van der Waals surface area contributed by atoms with Crippen molar-refractivity contribution in [1.29, 1.82) is 0 Å². The quantitative estimate of drug-likeness (QED) is 0.798. The van der Waals surface area contributed by atoms with E-state index in [-0.39, 0.29) is 11.3 Å². The van der Waals surface area contributed by atoms with Crippen LogP contribution < -0.4 is 5.56 Å². The van der Waals surface area contributed by atoms with E-state index in [1.165, 1.54) is 42.0 Å². The maximum Gasteiger partial charge on any atom is 0.343 e. The molecule has 1 aromatic heterocycles. The first-order chi connectivity index (χ1) is 11.0. The van der Waals surface area contributed by atoms with Gasteiger partial charge >= 0.3 is 5.97 Å². The molecule has 5 nitrogen and oxygen atoms in total. The smallest absolute Gasteiger partial charge is 0.343 e. The summed E-state index contributed by atoms with van der Waals surface area (Å²) in [6.45, 7) is 0. The van der Waals surface area contributed by atoms with Crippen molar-refractivity contribution in [1.82, 2.24) is 4.57 Å². The van der Waals surface area contributed by atoms with Gasteiger partial charge in [-0.2, -0.15) is 0 Å². The number of aromatic nitrogens is 1. The lowest BCUT2D eigenvalue weighted by Crippen LogP contribution is -2.32. The highest BCUT2D eigenvalue weighted by Crippen LogP contribution is 2.23. The molecule has 1 heterocycles. The van der Waals surface area contributed by atoms with E-state index < -0.39 is 17.3 Å². The number of rotatable bonds is 2. The molecule has 0 N–H and O–H groups in total. The number of benzene rings is 1. The predicted molar refractivity (Wildman–Crippen MR) is 80.6 cm³/mol. The van der Waals surface area contributed by atoms with E-state index in [9.17, 15) is 18.8 Å². The molecule has 23 heavy (non-hydrogen) atoms. The van der Waals surface area contributed by atoms with Crippen LogP contribution in [0, 0.1) is 5.82 Å². The fraction of sp³-hybridized carbons (Fsp3) is 0.235. The summed E-state index contributed by atoms with van der Waals surface area (Å²) in [5.74, 6) is -1.35. The number of ketones is 1. The summed E-state index contributed by atoms with van der Waals surface area (Å²) >= 11 is 0. The van der Waals surface area contributed by atoms with E-state index >= 15 is 0 Å². The van der Waals surface area contributed by atoms with Gasteiger partial charge in [-0.1, -0.05) is 0 Å². The van der Waals surface area contributed by atoms with E-state index in [1.807, 2.05) is 0 Å². The van der Waals surface area contributed by atoms with Crippen LogP contribution in [-0.2, 0) is 11.2 Å². The molecule has 0 unspecified atom stereocenters. The second-order valence-electron chi connectivity index (χ2n) is 5.30. The van der Waals surface area contributed by atoms with Crippen molar-refractivity contribution in [3.63, 3.8) is 0 Å². The molecule has 118 valence electrons. The summed E-state index contributed by atoms with van der Waals surface area (Å²) in [6, 6.07) is 6.65. The van der Waals surface area contributed by atoms with E-state index in [0.29, 0.717) is 36.2 Å². The van der Waals surface area contributed by atoms with Crippen LogP contribution in [0.15, 0.2) is 35.1 Å². The van der Waals surface area contributed by atoms with Crippen molar-refractivity contribution in [2.24, 2.45) is 0 Å². The molecule has 1 aliphatic rings. The van der Waals surface area contributed by atoms with Gasteiger partial charge in [0.1, 0.15) is 11.4 Å². The van der Waals surface area contributed by atoms with Crippen LogP contribution in [0.25, 0.3) is 5.69 Å². The second-order valence-corrected chi connectivity index (χ2v) is 5.30. The van der Waals surface area contributed by atoms with Crippen molar-refractivity contribution in [3.05, 3.63) is 63.3 Å². The lowest BCUT2D eigenvalue weighted by atomic mass is 9.93. The van der Waals surface area contributed by atoms with Crippen molar-refractivity contribution < 1.29 is 18.7 Å². The summed E-state index contributed by atoms with van der Waals surface area (Å²) in [6.07, 6.45) is 1.54. The lowest BCUT2D eigenvalue weighted by Gasteiger charge is -2.21. The van der Waals surface area contributed by atoms with Gasteiger partial charge < -0.3 is 4.74 Å². The molecule has 1 aliphatic carbocycles. The third kappa shape index (κ3) is 2.56. The van der Waals surface area contributed by atoms with Crippen molar-refractivity contribution >= 4 is 11.8 Å². The van der Waals surface area contributed by atoms with Gasteiger partial charge in [0.2, 0.25) is 0 Å². The highest BCUT2D eigenvalue weighted by molar-refractivity contribution is 6.00. The first-order valence-corrected chi connectivity index (χ1v) is 7.19. The Kier molecular flexibility index (Phi) is 3.82. The molecule has 0 aliphatic heterocycles. The topological polar surface area (TPSA) is 65.4 Å².